The number of amides is 1. The smallest absolute Gasteiger partial charge is 0.274 e. The lowest BCUT2D eigenvalue weighted by Gasteiger charge is -2.06. The summed E-state index contributed by atoms with van der Waals surface area (Å²) in [4.78, 5) is 29.4. The highest BCUT2D eigenvalue weighted by Gasteiger charge is 2.17. The zero-order valence-electron chi connectivity index (χ0n) is 12.9. The quantitative estimate of drug-likeness (QED) is 0.708. The van der Waals surface area contributed by atoms with Crippen LogP contribution in [0.2, 0.25) is 0 Å². The number of hydrogen-bond acceptors (Lipinski definition) is 6. The van der Waals surface area contributed by atoms with Crippen molar-refractivity contribution in [2.75, 3.05) is 24.3 Å². The van der Waals surface area contributed by atoms with E-state index < -0.39 is 5.91 Å². The van der Waals surface area contributed by atoms with Gasteiger partial charge in [-0.2, -0.15) is 10.1 Å². The Morgan fingerprint density at radius 2 is 2.13 bits per heavy atom. The van der Waals surface area contributed by atoms with Gasteiger partial charge in [0.05, 0.1) is 23.6 Å². The number of nitrogens with zero attached hydrogens (tertiary/aromatic N) is 6. The number of anilines is 2. The molecule has 3 heterocycles. The molecular formula is C14H15N7O2. The third-order valence-electron chi connectivity index (χ3n) is 3.29. The Hall–Kier alpha value is -3.23. The highest BCUT2D eigenvalue weighted by Crippen LogP contribution is 2.14. The second kappa shape index (κ2) is 5.52. The number of aromatic nitrogens is 5. The number of aryl methyl sites for hydroxylation is 1. The monoisotopic (exact) mass is 313 g/mol. The van der Waals surface area contributed by atoms with Gasteiger partial charge in [0.1, 0.15) is 5.69 Å². The highest BCUT2D eigenvalue weighted by atomic mass is 16.2. The van der Waals surface area contributed by atoms with Crippen molar-refractivity contribution in [3.05, 3.63) is 35.8 Å². The van der Waals surface area contributed by atoms with Crippen molar-refractivity contribution in [2.24, 2.45) is 7.05 Å². The first kappa shape index (κ1) is 14.7. The average molecular weight is 313 g/mol. The van der Waals surface area contributed by atoms with Crippen LogP contribution < -0.4 is 10.2 Å². The third kappa shape index (κ3) is 2.63. The number of hydrogen-bond donors (Lipinski definition) is 1. The van der Waals surface area contributed by atoms with Gasteiger partial charge in [-0.25, -0.2) is 4.52 Å². The molecule has 0 unspecified atom stereocenters. The van der Waals surface area contributed by atoms with Gasteiger partial charge in [0.25, 0.3) is 5.91 Å². The molecule has 1 amide bonds. The standard InChI is InChI=1S/C14H15N7O2/c1-19(2)14-17-11-5-4-10(7-21(11)18-14)16-13(23)12-9(8-22)6-15-20(12)3/h4-8H,1-3H3,(H,16,23). The summed E-state index contributed by atoms with van der Waals surface area (Å²) in [7, 11) is 5.30. The van der Waals surface area contributed by atoms with Gasteiger partial charge in [-0.3, -0.25) is 14.3 Å². The Morgan fingerprint density at radius 1 is 1.35 bits per heavy atom. The maximum absolute atomic E-state index is 12.3. The molecule has 1 N–H and O–H groups in total. The van der Waals surface area contributed by atoms with Crippen molar-refractivity contribution in [2.45, 2.75) is 0 Å². The molecule has 0 saturated heterocycles. The minimum atomic E-state index is -0.417. The molecule has 23 heavy (non-hydrogen) atoms. The summed E-state index contributed by atoms with van der Waals surface area (Å²) in [6.45, 7) is 0. The molecule has 3 rings (SSSR count). The lowest BCUT2D eigenvalue weighted by molar-refractivity contribution is 0.101. The third-order valence-corrected chi connectivity index (χ3v) is 3.29. The second-order valence-corrected chi connectivity index (χ2v) is 5.17. The minimum absolute atomic E-state index is 0.202. The van der Waals surface area contributed by atoms with Crippen LogP contribution in [0, 0.1) is 0 Å². The van der Waals surface area contributed by atoms with E-state index in [0.717, 1.165) is 0 Å². The molecule has 118 valence electrons. The molecule has 0 atom stereocenters. The van der Waals surface area contributed by atoms with Crippen LogP contribution in [0.5, 0.6) is 0 Å². The van der Waals surface area contributed by atoms with Crippen molar-refractivity contribution in [3.63, 3.8) is 0 Å². The molecule has 0 aliphatic heterocycles. The molecule has 0 spiro atoms. The van der Waals surface area contributed by atoms with Crippen LogP contribution in [0.1, 0.15) is 20.8 Å². The summed E-state index contributed by atoms with van der Waals surface area (Å²) in [5.74, 6) is 0.155. The highest BCUT2D eigenvalue weighted by molar-refractivity contribution is 6.07. The molecule has 0 aliphatic carbocycles. The fourth-order valence-corrected chi connectivity index (χ4v) is 2.14. The van der Waals surface area contributed by atoms with Crippen LogP contribution in [0.3, 0.4) is 0 Å². The lowest BCUT2D eigenvalue weighted by atomic mass is 10.2. The molecule has 0 fully saturated rings. The second-order valence-electron chi connectivity index (χ2n) is 5.17. The van der Waals surface area contributed by atoms with Gasteiger partial charge in [0, 0.05) is 21.1 Å². The Bertz CT molecular complexity index is 894. The molecule has 0 aliphatic rings. The number of rotatable bonds is 4. The van der Waals surface area contributed by atoms with Crippen LogP contribution in [-0.2, 0) is 7.05 Å². The van der Waals surface area contributed by atoms with E-state index >= 15 is 0 Å². The van der Waals surface area contributed by atoms with Crippen molar-refractivity contribution in [1.82, 2.24) is 24.4 Å². The van der Waals surface area contributed by atoms with Gasteiger partial charge < -0.3 is 10.2 Å². The largest absolute Gasteiger partial charge is 0.346 e. The summed E-state index contributed by atoms with van der Waals surface area (Å²) in [6.07, 6.45) is 3.61. The maximum Gasteiger partial charge on any atom is 0.274 e. The van der Waals surface area contributed by atoms with E-state index in [-0.39, 0.29) is 11.3 Å². The molecule has 3 aromatic heterocycles. The Kier molecular flexibility index (Phi) is 3.53. The normalized spacial score (nSPS) is 10.7. The first-order chi connectivity index (χ1) is 11.0. The van der Waals surface area contributed by atoms with E-state index in [2.05, 4.69) is 20.5 Å². The van der Waals surface area contributed by atoms with Crippen LogP contribution in [0.15, 0.2) is 24.5 Å². The van der Waals surface area contributed by atoms with Crippen molar-refractivity contribution in [3.8, 4) is 0 Å². The summed E-state index contributed by atoms with van der Waals surface area (Å²) < 4.78 is 2.94. The lowest BCUT2D eigenvalue weighted by Crippen LogP contribution is -2.18. The summed E-state index contributed by atoms with van der Waals surface area (Å²) >= 11 is 0. The average Bonchev–Trinajstić information content (AvgIpc) is 3.09. The van der Waals surface area contributed by atoms with Crippen molar-refractivity contribution >= 4 is 29.5 Å². The fraction of sp³-hybridized carbons (Fsp3) is 0.214. The maximum atomic E-state index is 12.3. The summed E-state index contributed by atoms with van der Waals surface area (Å²) in [5.41, 5.74) is 1.64. The van der Waals surface area contributed by atoms with Gasteiger partial charge in [-0.1, -0.05) is 0 Å². The SMILES string of the molecule is CN(C)c1nc2ccc(NC(=O)c3c(C=O)cnn3C)cn2n1. The molecule has 0 radical (unpaired) electrons. The van der Waals surface area contributed by atoms with E-state index in [1.54, 1.807) is 34.8 Å². The van der Waals surface area contributed by atoms with E-state index in [4.69, 9.17) is 0 Å². The van der Waals surface area contributed by atoms with Gasteiger partial charge in [-0.15, -0.1) is 5.10 Å². The van der Waals surface area contributed by atoms with Crippen LogP contribution >= 0.6 is 0 Å². The Balaban J connectivity index is 1.90. The van der Waals surface area contributed by atoms with Crippen LogP contribution in [0.4, 0.5) is 11.6 Å². The molecule has 0 aromatic carbocycles. The van der Waals surface area contributed by atoms with Crippen molar-refractivity contribution < 1.29 is 9.59 Å². The fourth-order valence-electron chi connectivity index (χ4n) is 2.14. The van der Waals surface area contributed by atoms with Gasteiger partial charge in [-0.05, 0) is 12.1 Å². The molecule has 0 saturated carbocycles. The van der Waals surface area contributed by atoms with Gasteiger partial charge in [0.15, 0.2) is 11.9 Å². The molecule has 3 aromatic rings. The van der Waals surface area contributed by atoms with E-state index in [9.17, 15) is 9.59 Å². The molecule has 9 heteroatoms. The number of fused-ring (bicyclic) bond motifs is 1. The summed E-state index contributed by atoms with van der Waals surface area (Å²) in [6, 6.07) is 3.47. The van der Waals surface area contributed by atoms with E-state index in [1.807, 2.05) is 14.1 Å². The Labute approximate surface area is 131 Å². The minimum Gasteiger partial charge on any atom is -0.346 e. The van der Waals surface area contributed by atoms with Crippen LogP contribution in [-0.4, -0.2) is 50.7 Å². The zero-order valence-corrected chi connectivity index (χ0v) is 12.9. The first-order valence-corrected chi connectivity index (χ1v) is 6.82. The van der Waals surface area contributed by atoms with Gasteiger partial charge >= 0.3 is 0 Å². The zero-order chi connectivity index (χ0) is 16.6. The number of aldehydes is 1. The predicted molar refractivity (Wildman–Crippen MR) is 83.9 cm³/mol. The van der Waals surface area contributed by atoms with Gasteiger partial charge in [0.2, 0.25) is 5.95 Å². The number of carbonyl (C=O) groups is 2. The van der Waals surface area contributed by atoms with Crippen LogP contribution in [0.25, 0.3) is 5.65 Å². The number of carbonyl (C=O) groups excluding carboxylic acids is 2. The summed E-state index contributed by atoms with van der Waals surface area (Å²) in [5, 5.41) is 10.9. The number of nitrogens with one attached hydrogen (secondary N) is 1. The van der Waals surface area contributed by atoms with E-state index in [0.29, 0.717) is 23.6 Å². The number of pyridine rings is 1. The predicted octanol–water partition coefficient (Wildman–Crippen LogP) is 0.594. The molecule has 9 nitrogen and oxygen atoms in total. The topological polar surface area (TPSA) is 97.4 Å². The first-order valence-electron chi connectivity index (χ1n) is 6.82. The Morgan fingerprint density at radius 3 is 2.83 bits per heavy atom. The van der Waals surface area contributed by atoms with E-state index in [1.165, 1.54) is 10.9 Å². The molecule has 0 bridgehead atoms. The van der Waals surface area contributed by atoms with Crippen molar-refractivity contribution in [1.29, 1.82) is 0 Å². The molecular weight excluding hydrogens is 298 g/mol.